The molecule has 1 saturated carbocycles. The normalized spacial score (nSPS) is 19.2. The van der Waals surface area contributed by atoms with Crippen molar-refractivity contribution in [2.24, 2.45) is 5.92 Å². The fourth-order valence-electron chi connectivity index (χ4n) is 2.91. The summed E-state index contributed by atoms with van der Waals surface area (Å²) in [4.78, 5) is 0. The molecule has 1 aliphatic rings. The molecule has 0 spiro atoms. The van der Waals surface area contributed by atoms with E-state index in [-0.39, 0.29) is 11.9 Å². The van der Waals surface area contributed by atoms with Crippen molar-refractivity contribution >= 4 is 0 Å². The first-order valence-corrected chi connectivity index (χ1v) is 6.73. The van der Waals surface area contributed by atoms with E-state index >= 15 is 0 Å². The lowest BCUT2D eigenvalue weighted by Gasteiger charge is -2.26. The van der Waals surface area contributed by atoms with E-state index in [0.717, 1.165) is 17.9 Å². The lowest BCUT2D eigenvalue weighted by atomic mass is 9.83. The summed E-state index contributed by atoms with van der Waals surface area (Å²) in [5.74, 6) is 0.684. The maximum atomic E-state index is 13.7. The summed E-state index contributed by atoms with van der Waals surface area (Å²) in [5.41, 5.74) is 0.820. The molecular formula is C15H22FN. The molecule has 0 bridgehead atoms. The summed E-state index contributed by atoms with van der Waals surface area (Å²) >= 11 is 0. The molecule has 1 unspecified atom stereocenters. The van der Waals surface area contributed by atoms with Gasteiger partial charge in [-0.05, 0) is 25.5 Å². The Morgan fingerprint density at radius 1 is 1.24 bits per heavy atom. The molecule has 1 atom stereocenters. The average molecular weight is 235 g/mol. The van der Waals surface area contributed by atoms with Crippen molar-refractivity contribution in [2.75, 3.05) is 7.05 Å². The van der Waals surface area contributed by atoms with E-state index in [1.54, 1.807) is 12.1 Å². The van der Waals surface area contributed by atoms with E-state index < -0.39 is 0 Å². The Balaban J connectivity index is 2.03. The maximum absolute atomic E-state index is 13.7. The lowest BCUT2D eigenvalue weighted by molar-refractivity contribution is 0.303. The van der Waals surface area contributed by atoms with Gasteiger partial charge in [0.15, 0.2) is 0 Å². The molecule has 1 aliphatic carbocycles. The first-order valence-electron chi connectivity index (χ1n) is 6.73. The van der Waals surface area contributed by atoms with E-state index in [4.69, 9.17) is 0 Å². The molecule has 0 saturated heterocycles. The Morgan fingerprint density at radius 3 is 2.59 bits per heavy atom. The molecule has 0 aliphatic heterocycles. The number of nitrogens with one attached hydrogen (secondary N) is 1. The molecule has 1 N–H and O–H groups in total. The molecule has 2 rings (SSSR count). The predicted molar refractivity (Wildman–Crippen MR) is 69.4 cm³/mol. The molecule has 1 aromatic carbocycles. The highest BCUT2D eigenvalue weighted by molar-refractivity contribution is 5.21. The fourth-order valence-corrected chi connectivity index (χ4v) is 2.91. The summed E-state index contributed by atoms with van der Waals surface area (Å²) in [6.45, 7) is 0. The van der Waals surface area contributed by atoms with Crippen LogP contribution < -0.4 is 5.32 Å². The summed E-state index contributed by atoms with van der Waals surface area (Å²) < 4.78 is 13.7. The van der Waals surface area contributed by atoms with Gasteiger partial charge in [-0.2, -0.15) is 0 Å². The van der Waals surface area contributed by atoms with Crippen molar-refractivity contribution in [3.63, 3.8) is 0 Å². The molecule has 1 fully saturated rings. The quantitative estimate of drug-likeness (QED) is 0.830. The highest BCUT2D eigenvalue weighted by Crippen LogP contribution is 2.32. The van der Waals surface area contributed by atoms with Crippen LogP contribution in [0.15, 0.2) is 24.3 Å². The third kappa shape index (κ3) is 3.29. The van der Waals surface area contributed by atoms with Crippen LogP contribution in [0.5, 0.6) is 0 Å². The molecule has 0 aromatic heterocycles. The van der Waals surface area contributed by atoms with Crippen LogP contribution in [0, 0.1) is 11.7 Å². The number of rotatable bonds is 4. The summed E-state index contributed by atoms with van der Waals surface area (Å²) in [7, 11) is 1.93. The topological polar surface area (TPSA) is 12.0 Å². The number of hydrogen-bond acceptors (Lipinski definition) is 1. The van der Waals surface area contributed by atoms with Crippen molar-refractivity contribution in [1.82, 2.24) is 5.32 Å². The van der Waals surface area contributed by atoms with Gasteiger partial charge in [-0.25, -0.2) is 4.39 Å². The molecular weight excluding hydrogens is 213 g/mol. The van der Waals surface area contributed by atoms with Crippen molar-refractivity contribution in [3.8, 4) is 0 Å². The molecule has 0 heterocycles. The van der Waals surface area contributed by atoms with Gasteiger partial charge in [0.05, 0.1) is 0 Å². The largest absolute Gasteiger partial charge is 0.313 e. The Hall–Kier alpha value is -0.890. The van der Waals surface area contributed by atoms with Crippen molar-refractivity contribution in [2.45, 2.75) is 44.6 Å². The second-order valence-electron chi connectivity index (χ2n) is 5.10. The van der Waals surface area contributed by atoms with Crippen molar-refractivity contribution < 1.29 is 4.39 Å². The average Bonchev–Trinajstić information content (AvgIpc) is 2.38. The lowest BCUT2D eigenvalue weighted by Crippen LogP contribution is -2.22. The van der Waals surface area contributed by atoms with Crippen molar-refractivity contribution in [3.05, 3.63) is 35.6 Å². The van der Waals surface area contributed by atoms with E-state index in [1.165, 1.54) is 32.1 Å². The van der Waals surface area contributed by atoms with E-state index in [9.17, 15) is 4.39 Å². The van der Waals surface area contributed by atoms with Gasteiger partial charge >= 0.3 is 0 Å². The van der Waals surface area contributed by atoms with E-state index in [2.05, 4.69) is 5.32 Å². The molecule has 1 nitrogen and oxygen atoms in total. The molecule has 2 heteroatoms. The first kappa shape index (κ1) is 12.6. The fraction of sp³-hybridized carbons (Fsp3) is 0.600. The predicted octanol–water partition coefficient (Wildman–Crippen LogP) is 4.06. The van der Waals surface area contributed by atoms with E-state index in [1.807, 2.05) is 19.2 Å². The zero-order valence-corrected chi connectivity index (χ0v) is 10.6. The smallest absolute Gasteiger partial charge is 0.127 e. The van der Waals surface area contributed by atoms with Crippen LogP contribution in [0.1, 0.15) is 50.1 Å². The maximum Gasteiger partial charge on any atom is 0.127 e. The van der Waals surface area contributed by atoms with Crippen LogP contribution in [0.4, 0.5) is 4.39 Å². The third-order valence-corrected chi connectivity index (χ3v) is 3.92. The standard InChI is InChI=1S/C15H22FN/c1-17-15(11-12-7-3-2-4-8-12)13-9-5-6-10-14(13)16/h5-6,9-10,12,15,17H,2-4,7-8,11H2,1H3. The minimum Gasteiger partial charge on any atom is -0.313 e. The second-order valence-corrected chi connectivity index (χ2v) is 5.10. The van der Waals surface area contributed by atoms with Crippen LogP contribution in [-0.2, 0) is 0 Å². The van der Waals surface area contributed by atoms with Crippen LogP contribution in [0.25, 0.3) is 0 Å². The van der Waals surface area contributed by atoms with Gasteiger partial charge in [0.2, 0.25) is 0 Å². The minimum absolute atomic E-state index is 0.0809. The van der Waals surface area contributed by atoms with Gasteiger partial charge < -0.3 is 5.32 Å². The number of halogens is 1. The molecule has 94 valence electrons. The molecule has 17 heavy (non-hydrogen) atoms. The zero-order chi connectivity index (χ0) is 12.1. The number of benzene rings is 1. The number of hydrogen-bond donors (Lipinski definition) is 1. The molecule has 0 amide bonds. The van der Waals surface area contributed by atoms with Crippen LogP contribution in [-0.4, -0.2) is 7.05 Å². The second kappa shape index (κ2) is 6.15. The van der Waals surface area contributed by atoms with Crippen LogP contribution in [0.2, 0.25) is 0 Å². The Kier molecular flexibility index (Phi) is 4.55. The Morgan fingerprint density at radius 2 is 1.94 bits per heavy atom. The third-order valence-electron chi connectivity index (χ3n) is 3.92. The Bertz CT molecular complexity index is 345. The van der Waals surface area contributed by atoms with Gasteiger partial charge in [0, 0.05) is 11.6 Å². The van der Waals surface area contributed by atoms with E-state index in [0.29, 0.717) is 0 Å². The highest BCUT2D eigenvalue weighted by atomic mass is 19.1. The molecule has 1 aromatic rings. The summed E-state index contributed by atoms with van der Waals surface area (Å²) in [6, 6.07) is 7.30. The molecule has 0 radical (unpaired) electrons. The van der Waals surface area contributed by atoms with Gasteiger partial charge in [-0.15, -0.1) is 0 Å². The summed E-state index contributed by atoms with van der Waals surface area (Å²) in [5, 5.41) is 3.27. The van der Waals surface area contributed by atoms with Gasteiger partial charge in [-0.3, -0.25) is 0 Å². The first-order chi connectivity index (χ1) is 8.31. The van der Waals surface area contributed by atoms with Crippen molar-refractivity contribution in [1.29, 1.82) is 0 Å². The van der Waals surface area contributed by atoms with Crippen LogP contribution >= 0.6 is 0 Å². The SMILES string of the molecule is CNC(CC1CCCCC1)c1ccccc1F. The highest BCUT2D eigenvalue weighted by Gasteiger charge is 2.20. The van der Waals surface area contributed by atoms with Crippen LogP contribution in [0.3, 0.4) is 0 Å². The van der Waals surface area contributed by atoms with Gasteiger partial charge in [0.25, 0.3) is 0 Å². The van der Waals surface area contributed by atoms with Gasteiger partial charge in [0.1, 0.15) is 5.82 Å². The zero-order valence-electron chi connectivity index (χ0n) is 10.6. The monoisotopic (exact) mass is 235 g/mol. The Labute approximate surface area is 103 Å². The summed E-state index contributed by atoms with van der Waals surface area (Å²) in [6.07, 6.45) is 7.76. The van der Waals surface area contributed by atoms with Gasteiger partial charge in [-0.1, -0.05) is 50.3 Å². The minimum atomic E-state index is -0.0809.